The van der Waals surface area contributed by atoms with E-state index in [4.69, 9.17) is 10.5 Å². The Labute approximate surface area is 89.3 Å². The molecule has 6 nitrogen and oxygen atoms in total. The molecule has 1 rings (SSSR count). The summed E-state index contributed by atoms with van der Waals surface area (Å²) < 4.78 is 26.6. The van der Waals surface area contributed by atoms with Crippen LogP contribution in [0, 0.1) is 0 Å². The predicted molar refractivity (Wildman–Crippen MR) is 55.2 cm³/mol. The minimum Gasteiger partial charge on any atom is -0.443 e. The minimum absolute atomic E-state index is 0.0874. The van der Waals surface area contributed by atoms with Gasteiger partial charge in [0, 0.05) is 19.3 Å². The molecule has 0 aromatic rings. The average molecular weight is 236 g/mol. The number of cyclic esters (lactones) is 1. The molecule has 0 saturated carbocycles. The van der Waals surface area contributed by atoms with Crippen LogP contribution in [0.4, 0.5) is 4.79 Å². The van der Waals surface area contributed by atoms with Gasteiger partial charge in [0.2, 0.25) is 0 Å². The third kappa shape index (κ3) is 4.05. The zero-order valence-corrected chi connectivity index (χ0v) is 9.50. The zero-order chi connectivity index (χ0) is 11.5. The number of rotatable bonds is 5. The molecule has 2 N–H and O–H groups in total. The molecule has 0 bridgehead atoms. The number of hydrogen-bond acceptors (Lipinski definition) is 5. The zero-order valence-electron chi connectivity index (χ0n) is 8.68. The van der Waals surface area contributed by atoms with Crippen LogP contribution in [0.3, 0.4) is 0 Å². The van der Waals surface area contributed by atoms with Crippen molar-refractivity contribution in [1.82, 2.24) is 4.90 Å². The van der Waals surface area contributed by atoms with Gasteiger partial charge in [-0.3, -0.25) is 0 Å². The van der Waals surface area contributed by atoms with E-state index in [1.165, 1.54) is 11.2 Å². The highest BCUT2D eigenvalue weighted by Crippen LogP contribution is 2.10. The third-order valence-electron chi connectivity index (χ3n) is 2.16. The van der Waals surface area contributed by atoms with Gasteiger partial charge in [0.25, 0.3) is 0 Å². The Kier molecular flexibility index (Phi) is 3.92. The summed E-state index contributed by atoms with van der Waals surface area (Å²) in [5.41, 5.74) is 5.36. The average Bonchev–Trinajstić information content (AvgIpc) is 2.45. The Balaban J connectivity index is 2.31. The first-order valence-electron chi connectivity index (χ1n) is 4.76. The highest BCUT2D eigenvalue weighted by molar-refractivity contribution is 7.90. The van der Waals surface area contributed by atoms with Gasteiger partial charge in [0.1, 0.15) is 15.9 Å². The highest BCUT2D eigenvalue weighted by Gasteiger charge is 2.29. The number of sulfone groups is 1. The fourth-order valence-corrected chi connectivity index (χ4v) is 2.05. The second kappa shape index (κ2) is 4.80. The molecule has 0 aliphatic carbocycles. The van der Waals surface area contributed by atoms with Gasteiger partial charge in [-0.1, -0.05) is 0 Å². The number of carbonyl (C=O) groups excluding carboxylic acids is 1. The van der Waals surface area contributed by atoms with Crippen molar-refractivity contribution in [3.05, 3.63) is 0 Å². The van der Waals surface area contributed by atoms with Crippen molar-refractivity contribution in [1.29, 1.82) is 0 Å². The second-order valence-electron chi connectivity index (χ2n) is 3.67. The fourth-order valence-electron chi connectivity index (χ4n) is 1.40. The lowest BCUT2D eigenvalue weighted by Gasteiger charge is -2.11. The van der Waals surface area contributed by atoms with Gasteiger partial charge in [0.15, 0.2) is 0 Å². The van der Waals surface area contributed by atoms with Crippen LogP contribution in [0.15, 0.2) is 0 Å². The van der Waals surface area contributed by atoms with Gasteiger partial charge in [-0.05, 0) is 6.42 Å². The number of nitrogens with two attached hydrogens (primary N) is 1. The standard InChI is InChI=1S/C8H16N2O4S/c1-15(12,13)4-2-3-10-6-7(5-9)14-8(10)11/h7H,2-6,9H2,1H3. The molecule has 7 heteroatoms. The number of ether oxygens (including phenoxy) is 1. The topological polar surface area (TPSA) is 89.7 Å². The van der Waals surface area contributed by atoms with Gasteiger partial charge in [-0.2, -0.15) is 0 Å². The summed E-state index contributed by atoms with van der Waals surface area (Å²) in [5, 5.41) is 0. The van der Waals surface area contributed by atoms with E-state index in [9.17, 15) is 13.2 Å². The molecular weight excluding hydrogens is 220 g/mol. The van der Waals surface area contributed by atoms with E-state index in [1.807, 2.05) is 0 Å². The summed E-state index contributed by atoms with van der Waals surface area (Å²) in [4.78, 5) is 12.7. The molecule has 1 aliphatic rings. The minimum atomic E-state index is -2.96. The van der Waals surface area contributed by atoms with Crippen LogP contribution >= 0.6 is 0 Å². The molecule has 1 aliphatic heterocycles. The van der Waals surface area contributed by atoms with E-state index in [-0.39, 0.29) is 11.9 Å². The van der Waals surface area contributed by atoms with Crippen LogP contribution in [0.2, 0.25) is 0 Å². The van der Waals surface area contributed by atoms with Crippen LogP contribution in [-0.2, 0) is 14.6 Å². The maximum Gasteiger partial charge on any atom is 0.410 e. The molecule has 1 fully saturated rings. The van der Waals surface area contributed by atoms with E-state index < -0.39 is 15.9 Å². The number of hydrogen-bond donors (Lipinski definition) is 1. The van der Waals surface area contributed by atoms with Crippen molar-refractivity contribution in [3.63, 3.8) is 0 Å². The molecular formula is C8H16N2O4S. The number of carbonyl (C=O) groups is 1. The molecule has 0 radical (unpaired) electrons. The van der Waals surface area contributed by atoms with E-state index in [2.05, 4.69) is 0 Å². The maximum atomic E-state index is 11.2. The Morgan fingerprint density at radius 1 is 1.60 bits per heavy atom. The first-order chi connectivity index (χ1) is 6.92. The van der Waals surface area contributed by atoms with Crippen LogP contribution in [0.1, 0.15) is 6.42 Å². The van der Waals surface area contributed by atoms with Crippen molar-refractivity contribution < 1.29 is 17.9 Å². The van der Waals surface area contributed by atoms with Crippen molar-refractivity contribution in [2.24, 2.45) is 5.73 Å². The highest BCUT2D eigenvalue weighted by atomic mass is 32.2. The van der Waals surface area contributed by atoms with E-state index >= 15 is 0 Å². The lowest BCUT2D eigenvalue weighted by molar-refractivity contribution is 0.135. The Morgan fingerprint density at radius 2 is 2.27 bits per heavy atom. The van der Waals surface area contributed by atoms with E-state index in [0.717, 1.165) is 0 Å². The lowest BCUT2D eigenvalue weighted by Crippen LogP contribution is -2.29. The molecule has 0 spiro atoms. The molecule has 1 amide bonds. The van der Waals surface area contributed by atoms with E-state index in [0.29, 0.717) is 26.1 Å². The van der Waals surface area contributed by atoms with Gasteiger partial charge in [0.05, 0.1) is 12.3 Å². The SMILES string of the molecule is CS(=O)(=O)CCCN1CC(CN)OC1=O. The monoisotopic (exact) mass is 236 g/mol. The Morgan fingerprint density at radius 3 is 2.73 bits per heavy atom. The Bertz CT molecular complexity index is 328. The molecule has 0 aromatic carbocycles. The predicted octanol–water partition coefficient (Wildman–Crippen LogP) is -0.799. The molecule has 0 aromatic heterocycles. The van der Waals surface area contributed by atoms with Gasteiger partial charge in [-0.15, -0.1) is 0 Å². The summed E-state index contributed by atoms with van der Waals surface area (Å²) in [6.07, 6.45) is 0.957. The quantitative estimate of drug-likeness (QED) is 0.675. The lowest BCUT2D eigenvalue weighted by atomic mass is 10.3. The summed E-state index contributed by atoms with van der Waals surface area (Å²) in [6.45, 7) is 1.16. The molecule has 15 heavy (non-hydrogen) atoms. The Hall–Kier alpha value is -0.820. The maximum absolute atomic E-state index is 11.2. The second-order valence-corrected chi connectivity index (χ2v) is 5.93. The third-order valence-corrected chi connectivity index (χ3v) is 3.19. The van der Waals surface area contributed by atoms with Gasteiger partial charge in [-0.25, -0.2) is 13.2 Å². The van der Waals surface area contributed by atoms with Crippen molar-refractivity contribution in [2.75, 3.05) is 31.6 Å². The van der Waals surface area contributed by atoms with Gasteiger partial charge < -0.3 is 15.4 Å². The normalized spacial score (nSPS) is 21.9. The molecule has 88 valence electrons. The summed E-state index contributed by atoms with van der Waals surface area (Å²) in [6, 6.07) is 0. The number of nitrogens with zero attached hydrogens (tertiary/aromatic N) is 1. The van der Waals surface area contributed by atoms with Crippen LogP contribution in [0.25, 0.3) is 0 Å². The molecule has 1 atom stereocenters. The largest absolute Gasteiger partial charge is 0.443 e. The van der Waals surface area contributed by atoms with Gasteiger partial charge >= 0.3 is 6.09 Å². The molecule has 1 unspecified atom stereocenters. The fraction of sp³-hybridized carbons (Fsp3) is 0.875. The van der Waals surface area contributed by atoms with Crippen LogP contribution in [-0.4, -0.2) is 57.2 Å². The first kappa shape index (κ1) is 12.3. The summed E-state index contributed by atoms with van der Waals surface area (Å²) in [5.74, 6) is 0.0874. The molecule has 1 saturated heterocycles. The molecule has 1 heterocycles. The summed E-state index contributed by atoms with van der Waals surface area (Å²) >= 11 is 0. The van der Waals surface area contributed by atoms with Crippen molar-refractivity contribution in [2.45, 2.75) is 12.5 Å². The van der Waals surface area contributed by atoms with E-state index in [1.54, 1.807) is 0 Å². The van der Waals surface area contributed by atoms with Crippen LogP contribution in [0.5, 0.6) is 0 Å². The number of amides is 1. The van der Waals surface area contributed by atoms with Crippen molar-refractivity contribution in [3.8, 4) is 0 Å². The van der Waals surface area contributed by atoms with Crippen molar-refractivity contribution >= 4 is 15.9 Å². The first-order valence-corrected chi connectivity index (χ1v) is 6.82. The smallest absolute Gasteiger partial charge is 0.410 e. The van der Waals surface area contributed by atoms with Crippen LogP contribution < -0.4 is 5.73 Å². The summed E-state index contributed by atoms with van der Waals surface area (Å²) in [7, 11) is -2.96.